The van der Waals surface area contributed by atoms with E-state index in [2.05, 4.69) is 20.8 Å². The number of benzene rings is 2. The van der Waals surface area contributed by atoms with Gasteiger partial charge in [-0.25, -0.2) is 4.68 Å². The molecule has 30 heavy (non-hydrogen) atoms. The largest absolute Gasteiger partial charge is 0.493 e. The molecule has 0 radical (unpaired) electrons. The predicted molar refractivity (Wildman–Crippen MR) is 124 cm³/mol. The van der Waals surface area contributed by atoms with E-state index >= 15 is 0 Å². The quantitative estimate of drug-likeness (QED) is 0.549. The zero-order chi connectivity index (χ0) is 22.2. The second-order valence-corrected chi connectivity index (χ2v) is 8.61. The maximum Gasteiger partial charge on any atom is 0.203 e. The molecule has 0 aliphatic heterocycles. The van der Waals surface area contributed by atoms with Gasteiger partial charge in [0.15, 0.2) is 11.5 Å². The number of nitrogen functional groups attached to an aromatic ring is 1. The van der Waals surface area contributed by atoms with Gasteiger partial charge in [0.25, 0.3) is 0 Å². The first-order valence-corrected chi connectivity index (χ1v) is 10.1. The van der Waals surface area contributed by atoms with E-state index in [9.17, 15) is 0 Å². The molecule has 3 rings (SSSR count). The van der Waals surface area contributed by atoms with Gasteiger partial charge in [0.2, 0.25) is 5.75 Å². The minimum absolute atomic E-state index is 0.306. The van der Waals surface area contributed by atoms with Crippen LogP contribution in [0.15, 0.2) is 35.2 Å². The highest BCUT2D eigenvalue weighted by molar-refractivity contribution is 7.80. The highest BCUT2D eigenvalue weighted by Crippen LogP contribution is 2.46. The van der Waals surface area contributed by atoms with Gasteiger partial charge in [-0.2, -0.15) is 5.10 Å². The molecule has 0 saturated carbocycles. The van der Waals surface area contributed by atoms with Crippen LogP contribution >= 0.6 is 12.6 Å². The lowest BCUT2D eigenvalue weighted by molar-refractivity contribution is 0.324. The number of aromatic nitrogens is 2. The number of hydrogen-bond acceptors (Lipinski definition) is 6. The Kier molecular flexibility index (Phi) is 5.94. The summed E-state index contributed by atoms with van der Waals surface area (Å²) in [6.45, 7) is 8.23. The van der Waals surface area contributed by atoms with Gasteiger partial charge in [-0.15, -0.1) is 12.6 Å². The van der Waals surface area contributed by atoms with Gasteiger partial charge >= 0.3 is 0 Å². The number of thiol groups is 1. The van der Waals surface area contributed by atoms with E-state index in [0.717, 1.165) is 32.8 Å². The number of nitrogens with zero attached hydrogens (tertiary/aromatic N) is 2. The molecule has 0 spiro atoms. The van der Waals surface area contributed by atoms with Gasteiger partial charge in [-0.3, -0.25) is 0 Å². The van der Waals surface area contributed by atoms with Crippen molar-refractivity contribution in [3.63, 3.8) is 0 Å². The lowest BCUT2D eigenvalue weighted by Crippen LogP contribution is -2.24. The van der Waals surface area contributed by atoms with Crippen molar-refractivity contribution >= 4 is 18.4 Å². The molecule has 1 aromatic heterocycles. The summed E-state index contributed by atoms with van der Waals surface area (Å²) >= 11 is 4.71. The lowest BCUT2D eigenvalue weighted by atomic mass is 9.99. The number of ether oxygens (including phenoxy) is 3. The van der Waals surface area contributed by atoms with Crippen LogP contribution in [-0.2, 0) is 5.54 Å². The van der Waals surface area contributed by atoms with Crippen molar-refractivity contribution < 1.29 is 14.2 Å². The van der Waals surface area contributed by atoms with Crippen LogP contribution < -0.4 is 19.9 Å². The van der Waals surface area contributed by atoms with Crippen molar-refractivity contribution in [2.75, 3.05) is 27.1 Å². The van der Waals surface area contributed by atoms with E-state index in [1.165, 1.54) is 0 Å². The van der Waals surface area contributed by atoms with Crippen molar-refractivity contribution in [1.29, 1.82) is 0 Å². The first kappa shape index (κ1) is 21.9. The van der Waals surface area contributed by atoms with E-state index in [4.69, 9.17) is 37.7 Å². The molecule has 0 aliphatic carbocycles. The zero-order valence-corrected chi connectivity index (χ0v) is 19.4. The molecule has 3 aromatic rings. The summed E-state index contributed by atoms with van der Waals surface area (Å²) in [6, 6.07) is 9.85. The van der Waals surface area contributed by atoms with Crippen molar-refractivity contribution in [3.05, 3.63) is 35.9 Å². The molecule has 2 aromatic carbocycles. The maximum atomic E-state index is 6.64. The molecular weight excluding hydrogens is 398 g/mol. The van der Waals surface area contributed by atoms with Crippen molar-refractivity contribution in [2.24, 2.45) is 0 Å². The van der Waals surface area contributed by atoms with Crippen LogP contribution in [-0.4, -0.2) is 31.1 Å². The molecular formula is C23H29N3O3S. The van der Waals surface area contributed by atoms with Gasteiger partial charge in [-0.1, -0.05) is 12.1 Å². The van der Waals surface area contributed by atoms with Crippen LogP contribution in [0.5, 0.6) is 17.2 Å². The molecule has 1 heterocycles. The molecule has 0 aliphatic rings. The maximum absolute atomic E-state index is 6.64. The van der Waals surface area contributed by atoms with Crippen molar-refractivity contribution in [2.45, 2.75) is 38.1 Å². The summed E-state index contributed by atoms with van der Waals surface area (Å²) in [5, 5.41) is 4.90. The molecule has 0 unspecified atom stereocenters. The van der Waals surface area contributed by atoms with Crippen LogP contribution in [0.4, 0.5) is 5.82 Å². The number of rotatable bonds is 5. The smallest absolute Gasteiger partial charge is 0.203 e. The fraction of sp³-hybridized carbons (Fsp3) is 0.348. The number of hydrogen-bond donors (Lipinski definition) is 2. The minimum Gasteiger partial charge on any atom is -0.493 e. The van der Waals surface area contributed by atoms with Gasteiger partial charge in [-0.05, 0) is 51.5 Å². The summed E-state index contributed by atoms with van der Waals surface area (Å²) < 4.78 is 18.4. The molecule has 0 fully saturated rings. The molecule has 0 saturated heterocycles. The van der Waals surface area contributed by atoms with E-state index in [-0.39, 0.29) is 5.54 Å². The molecule has 7 heteroatoms. The van der Waals surface area contributed by atoms with Crippen LogP contribution in [0.25, 0.3) is 22.4 Å². The minimum atomic E-state index is -0.306. The zero-order valence-electron chi connectivity index (χ0n) is 18.5. The van der Waals surface area contributed by atoms with Crippen molar-refractivity contribution in [3.8, 4) is 39.6 Å². The highest BCUT2D eigenvalue weighted by Gasteiger charge is 2.27. The summed E-state index contributed by atoms with van der Waals surface area (Å²) in [5.41, 5.74) is 10.7. The summed E-state index contributed by atoms with van der Waals surface area (Å²) in [6.07, 6.45) is 0. The van der Waals surface area contributed by atoms with Gasteiger partial charge in [0.1, 0.15) is 11.5 Å². The number of aryl methyl sites for hydroxylation is 1. The van der Waals surface area contributed by atoms with E-state index in [1.807, 2.05) is 41.9 Å². The fourth-order valence-electron chi connectivity index (χ4n) is 3.48. The Balaban J connectivity index is 2.38. The third-order valence-corrected chi connectivity index (χ3v) is 5.29. The Morgan fingerprint density at radius 2 is 1.57 bits per heavy atom. The van der Waals surface area contributed by atoms with E-state index in [0.29, 0.717) is 23.1 Å². The molecule has 2 N–H and O–H groups in total. The number of anilines is 1. The Labute approximate surface area is 183 Å². The summed E-state index contributed by atoms with van der Waals surface area (Å²) in [5.74, 6) is 2.21. The van der Waals surface area contributed by atoms with Crippen molar-refractivity contribution in [1.82, 2.24) is 9.78 Å². The van der Waals surface area contributed by atoms with Gasteiger partial charge < -0.3 is 19.9 Å². The monoisotopic (exact) mass is 427 g/mol. The average molecular weight is 428 g/mol. The summed E-state index contributed by atoms with van der Waals surface area (Å²) in [7, 11) is 4.77. The molecule has 0 atom stereocenters. The highest BCUT2D eigenvalue weighted by atomic mass is 32.1. The number of methoxy groups -OCH3 is 3. The number of nitrogens with two attached hydrogens (primary N) is 1. The fourth-order valence-corrected chi connectivity index (χ4v) is 3.87. The molecule has 0 bridgehead atoms. The SMILES string of the molecule is COc1cc(-c2nn(C(C)(C)C)c(N)c2-c2ccc(C)cc2S)cc(OC)c1OC. The first-order chi connectivity index (χ1) is 14.1. The average Bonchev–Trinajstić information content (AvgIpc) is 3.04. The lowest BCUT2D eigenvalue weighted by Gasteiger charge is -2.21. The molecule has 0 amide bonds. The van der Waals surface area contributed by atoms with Gasteiger partial charge in [0.05, 0.1) is 32.4 Å². The molecule has 160 valence electrons. The Morgan fingerprint density at radius 1 is 0.967 bits per heavy atom. The Morgan fingerprint density at radius 3 is 2.03 bits per heavy atom. The van der Waals surface area contributed by atoms with Crippen LogP contribution in [0, 0.1) is 6.92 Å². The normalized spacial score (nSPS) is 11.5. The Hall–Kier alpha value is -2.80. The van der Waals surface area contributed by atoms with Crippen LogP contribution in [0.1, 0.15) is 26.3 Å². The standard InChI is InChI=1S/C23H29N3O3S/c1-13-8-9-15(18(30)10-13)19-20(25-26(22(19)24)23(2,3)4)14-11-16(27-5)21(29-7)17(12-14)28-6/h8-12,30H,24H2,1-7H3. The third-order valence-electron chi connectivity index (χ3n) is 4.92. The third kappa shape index (κ3) is 3.81. The summed E-state index contributed by atoms with van der Waals surface area (Å²) in [4.78, 5) is 0.837. The van der Waals surface area contributed by atoms with Gasteiger partial charge in [0, 0.05) is 16.0 Å². The van der Waals surface area contributed by atoms with E-state index in [1.54, 1.807) is 21.3 Å². The van der Waals surface area contributed by atoms with Crippen LogP contribution in [0.3, 0.4) is 0 Å². The topological polar surface area (TPSA) is 71.5 Å². The molecule has 6 nitrogen and oxygen atoms in total. The second kappa shape index (κ2) is 8.14. The Bertz CT molecular complexity index is 1060. The second-order valence-electron chi connectivity index (χ2n) is 8.13. The van der Waals surface area contributed by atoms with E-state index < -0.39 is 0 Å². The van der Waals surface area contributed by atoms with Crippen LogP contribution in [0.2, 0.25) is 0 Å². The first-order valence-electron chi connectivity index (χ1n) is 9.61. The predicted octanol–water partition coefficient (Wildman–Crippen LogP) is 5.18.